The summed E-state index contributed by atoms with van der Waals surface area (Å²) in [5.41, 5.74) is 1.17. The fourth-order valence-electron chi connectivity index (χ4n) is 1.48. The van der Waals surface area contributed by atoms with Crippen LogP contribution < -0.4 is 0 Å². The van der Waals surface area contributed by atoms with Gasteiger partial charge >= 0.3 is 0 Å². The van der Waals surface area contributed by atoms with Crippen LogP contribution in [0.15, 0.2) is 53.7 Å². The van der Waals surface area contributed by atoms with Gasteiger partial charge in [0.05, 0.1) is 11.1 Å². The van der Waals surface area contributed by atoms with Gasteiger partial charge in [-0.05, 0) is 29.8 Å². The van der Waals surface area contributed by atoms with Gasteiger partial charge < -0.3 is 4.42 Å². The summed E-state index contributed by atoms with van der Waals surface area (Å²) >= 11 is 1.68. The van der Waals surface area contributed by atoms with Crippen LogP contribution >= 0.6 is 11.3 Å². The third kappa shape index (κ3) is 1.63. The van der Waals surface area contributed by atoms with E-state index in [1.165, 1.54) is 16.8 Å². The minimum absolute atomic E-state index is 0.810. The molecule has 0 aliphatic carbocycles. The zero-order chi connectivity index (χ0) is 10.8. The van der Waals surface area contributed by atoms with E-state index in [-0.39, 0.29) is 0 Å². The molecule has 0 spiro atoms. The smallest absolute Gasteiger partial charge is 0.181 e. The summed E-state index contributed by atoms with van der Waals surface area (Å²) in [5, 5.41) is 0. The topological polar surface area (TPSA) is 38.9 Å². The maximum Gasteiger partial charge on any atom is 0.181 e. The Morgan fingerprint density at radius 3 is 2.50 bits per heavy atom. The van der Waals surface area contributed by atoms with E-state index < -0.39 is 0 Å². The fourth-order valence-corrected chi connectivity index (χ4v) is 2.44. The van der Waals surface area contributed by atoms with Crippen molar-refractivity contribution in [3.63, 3.8) is 0 Å². The molecule has 0 fully saturated rings. The fraction of sp³-hybridized carbons (Fsp3) is 0. The number of rotatable bonds is 2. The lowest BCUT2D eigenvalue weighted by Crippen LogP contribution is -1.71. The highest BCUT2D eigenvalue weighted by molar-refractivity contribution is 7.18. The summed E-state index contributed by atoms with van der Waals surface area (Å²) in [6.07, 6.45) is 6.76. The van der Waals surface area contributed by atoms with Gasteiger partial charge in [0.15, 0.2) is 12.2 Å². The molecule has 0 atom stereocenters. The number of oxazole rings is 1. The third-order valence-electron chi connectivity index (χ3n) is 2.25. The minimum atomic E-state index is 0.810. The van der Waals surface area contributed by atoms with E-state index in [0.29, 0.717) is 0 Å². The van der Waals surface area contributed by atoms with Crippen LogP contribution in [0.2, 0.25) is 0 Å². The summed E-state index contributed by atoms with van der Waals surface area (Å²) in [4.78, 5) is 10.2. The number of pyridine rings is 1. The molecule has 4 heteroatoms. The van der Waals surface area contributed by atoms with Crippen LogP contribution in [0.25, 0.3) is 21.1 Å². The van der Waals surface area contributed by atoms with Gasteiger partial charge in [-0.2, -0.15) is 0 Å². The molecule has 0 saturated carbocycles. The van der Waals surface area contributed by atoms with E-state index in [2.05, 4.69) is 16.0 Å². The molecular weight excluding hydrogens is 220 g/mol. The SMILES string of the molecule is c1cc(-c2ccc(-c3cnco3)s2)ccn1. The molecule has 16 heavy (non-hydrogen) atoms. The first-order valence-corrected chi connectivity index (χ1v) is 5.64. The quantitative estimate of drug-likeness (QED) is 0.674. The molecule has 3 nitrogen and oxygen atoms in total. The van der Waals surface area contributed by atoms with Gasteiger partial charge in [0.25, 0.3) is 0 Å². The van der Waals surface area contributed by atoms with Crippen LogP contribution in [-0.2, 0) is 0 Å². The first-order chi connectivity index (χ1) is 7.93. The van der Waals surface area contributed by atoms with Gasteiger partial charge in [-0.1, -0.05) is 0 Å². The number of hydrogen-bond donors (Lipinski definition) is 0. The summed E-state index contributed by atoms with van der Waals surface area (Å²) in [6, 6.07) is 8.12. The molecular formula is C12H8N2OS. The second-order valence-corrected chi connectivity index (χ2v) is 4.35. The van der Waals surface area contributed by atoms with Gasteiger partial charge in [0.2, 0.25) is 0 Å². The predicted octanol–water partition coefficient (Wildman–Crippen LogP) is 3.47. The molecule has 3 rings (SSSR count). The summed E-state index contributed by atoms with van der Waals surface area (Å²) in [5.74, 6) is 0.810. The first-order valence-electron chi connectivity index (χ1n) is 4.82. The number of thiophene rings is 1. The van der Waals surface area contributed by atoms with Gasteiger partial charge in [-0.25, -0.2) is 4.98 Å². The summed E-state index contributed by atoms with van der Waals surface area (Å²) in [6.45, 7) is 0. The monoisotopic (exact) mass is 228 g/mol. The van der Waals surface area contributed by atoms with Crippen LogP contribution in [0.3, 0.4) is 0 Å². The van der Waals surface area contributed by atoms with Crippen molar-refractivity contribution in [1.82, 2.24) is 9.97 Å². The van der Waals surface area contributed by atoms with Crippen molar-refractivity contribution < 1.29 is 4.42 Å². The predicted molar refractivity (Wildman–Crippen MR) is 63.0 cm³/mol. The molecule has 0 aromatic carbocycles. The molecule has 78 valence electrons. The van der Waals surface area contributed by atoms with E-state index in [0.717, 1.165) is 10.6 Å². The van der Waals surface area contributed by atoms with Gasteiger partial charge in [-0.15, -0.1) is 11.3 Å². The van der Waals surface area contributed by atoms with Crippen molar-refractivity contribution in [2.45, 2.75) is 0 Å². The second-order valence-electron chi connectivity index (χ2n) is 3.27. The summed E-state index contributed by atoms with van der Waals surface area (Å²) in [7, 11) is 0. The van der Waals surface area contributed by atoms with Crippen molar-refractivity contribution in [1.29, 1.82) is 0 Å². The maximum atomic E-state index is 5.26. The van der Waals surface area contributed by atoms with Crippen LogP contribution in [0, 0.1) is 0 Å². The molecule has 0 unspecified atom stereocenters. The average Bonchev–Trinajstić information content (AvgIpc) is 3.01. The molecule has 0 aliphatic heterocycles. The van der Waals surface area contributed by atoms with Crippen LogP contribution in [0.1, 0.15) is 0 Å². The van der Waals surface area contributed by atoms with Crippen molar-refractivity contribution in [3.8, 4) is 21.1 Å². The average molecular weight is 228 g/mol. The highest BCUT2D eigenvalue weighted by Gasteiger charge is 2.06. The Labute approximate surface area is 96.4 Å². The van der Waals surface area contributed by atoms with E-state index in [1.54, 1.807) is 29.9 Å². The molecule has 3 heterocycles. The van der Waals surface area contributed by atoms with Crippen LogP contribution in [-0.4, -0.2) is 9.97 Å². The number of aromatic nitrogens is 2. The lowest BCUT2D eigenvalue weighted by atomic mass is 10.2. The van der Waals surface area contributed by atoms with Gasteiger partial charge in [0, 0.05) is 17.3 Å². The first kappa shape index (κ1) is 9.30. The third-order valence-corrected chi connectivity index (χ3v) is 3.39. The van der Waals surface area contributed by atoms with Crippen molar-refractivity contribution >= 4 is 11.3 Å². The van der Waals surface area contributed by atoms with Gasteiger partial charge in [0.1, 0.15) is 0 Å². The van der Waals surface area contributed by atoms with Crippen molar-refractivity contribution in [2.24, 2.45) is 0 Å². The van der Waals surface area contributed by atoms with E-state index in [1.807, 2.05) is 18.2 Å². The molecule has 0 saturated heterocycles. The molecule has 0 amide bonds. The Kier molecular flexibility index (Phi) is 2.27. The Morgan fingerprint density at radius 1 is 0.938 bits per heavy atom. The molecule has 0 radical (unpaired) electrons. The Balaban J connectivity index is 2.00. The zero-order valence-electron chi connectivity index (χ0n) is 8.33. The highest BCUT2D eigenvalue weighted by atomic mass is 32.1. The van der Waals surface area contributed by atoms with Crippen LogP contribution in [0.4, 0.5) is 0 Å². The molecule has 3 aromatic rings. The van der Waals surface area contributed by atoms with E-state index >= 15 is 0 Å². The van der Waals surface area contributed by atoms with E-state index in [9.17, 15) is 0 Å². The van der Waals surface area contributed by atoms with E-state index in [4.69, 9.17) is 4.42 Å². The lowest BCUT2D eigenvalue weighted by Gasteiger charge is -1.93. The Bertz CT molecular complexity index is 572. The van der Waals surface area contributed by atoms with Crippen LogP contribution in [0.5, 0.6) is 0 Å². The second kappa shape index (κ2) is 3.90. The van der Waals surface area contributed by atoms with Crippen molar-refractivity contribution in [2.75, 3.05) is 0 Å². The number of nitrogens with zero attached hydrogens (tertiary/aromatic N) is 2. The molecule has 0 bridgehead atoms. The maximum absolute atomic E-state index is 5.26. The Hall–Kier alpha value is -1.94. The standard InChI is InChI=1S/C12H8N2OS/c1-2-12(10-7-14-8-15-10)16-11(1)9-3-5-13-6-4-9/h1-8H. The number of hydrogen-bond acceptors (Lipinski definition) is 4. The lowest BCUT2D eigenvalue weighted by molar-refractivity contribution is 0.573. The van der Waals surface area contributed by atoms with Gasteiger partial charge in [-0.3, -0.25) is 4.98 Å². The zero-order valence-corrected chi connectivity index (χ0v) is 9.15. The largest absolute Gasteiger partial charge is 0.443 e. The Morgan fingerprint density at radius 2 is 1.75 bits per heavy atom. The summed E-state index contributed by atoms with van der Waals surface area (Å²) < 4.78 is 5.26. The molecule has 3 aromatic heterocycles. The van der Waals surface area contributed by atoms with Crippen molar-refractivity contribution in [3.05, 3.63) is 49.2 Å². The molecule has 0 N–H and O–H groups in total. The normalized spacial score (nSPS) is 10.5. The molecule has 0 aliphatic rings. The minimum Gasteiger partial charge on any atom is -0.443 e. The highest BCUT2D eigenvalue weighted by Crippen LogP contribution is 2.33.